The summed E-state index contributed by atoms with van der Waals surface area (Å²) in [5.74, 6) is -1.05. The van der Waals surface area contributed by atoms with Crippen LogP contribution < -0.4 is 11.1 Å². The predicted molar refractivity (Wildman–Crippen MR) is 81.8 cm³/mol. The van der Waals surface area contributed by atoms with Crippen molar-refractivity contribution in [3.63, 3.8) is 0 Å². The predicted octanol–water partition coefficient (Wildman–Crippen LogP) is 3.82. The first-order chi connectivity index (χ1) is 9.88. The Labute approximate surface area is 131 Å². The summed E-state index contributed by atoms with van der Waals surface area (Å²) in [6.07, 6.45) is 3.19. The van der Waals surface area contributed by atoms with E-state index in [9.17, 15) is 13.6 Å². The van der Waals surface area contributed by atoms with E-state index in [1.54, 1.807) is 0 Å². The topological polar surface area (TPSA) is 55.1 Å². The number of halogens is 3. The Morgan fingerprint density at radius 2 is 2.00 bits per heavy atom. The Hall–Kier alpha value is -1.01. The van der Waals surface area contributed by atoms with Gasteiger partial charge in [-0.15, -0.1) is 0 Å². The Morgan fingerprint density at radius 1 is 1.38 bits per heavy atom. The number of hydrogen-bond acceptors (Lipinski definition) is 2. The molecular weight excluding hydrogens is 342 g/mol. The van der Waals surface area contributed by atoms with E-state index in [1.165, 1.54) is 0 Å². The number of carbonyl (C=O) groups excluding carboxylic acids is 1. The summed E-state index contributed by atoms with van der Waals surface area (Å²) in [4.78, 5) is 12.5. The first-order valence-corrected chi connectivity index (χ1v) is 7.83. The zero-order chi connectivity index (χ0) is 15.6. The smallest absolute Gasteiger partial charge is 0.231 e. The lowest BCUT2D eigenvalue weighted by atomic mass is 9.70. The van der Waals surface area contributed by atoms with Crippen LogP contribution in [-0.4, -0.2) is 12.5 Å². The largest absolute Gasteiger partial charge is 0.329 e. The monoisotopic (exact) mass is 360 g/mol. The molecule has 0 atom stereocenters. The van der Waals surface area contributed by atoms with Crippen molar-refractivity contribution in [2.45, 2.75) is 32.6 Å². The molecule has 1 aliphatic rings. The van der Waals surface area contributed by atoms with E-state index in [0.29, 0.717) is 18.8 Å². The van der Waals surface area contributed by atoms with Crippen LogP contribution in [0, 0.1) is 23.0 Å². The number of rotatable bonds is 3. The maximum absolute atomic E-state index is 13.8. The van der Waals surface area contributed by atoms with E-state index >= 15 is 0 Å². The molecule has 1 aromatic rings. The third kappa shape index (κ3) is 3.43. The van der Waals surface area contributed by atoms with Gasteiger partial charge >= 0.3 is 0 Å². The van der Waals surface area contributed by atoms with Crippen molar-refractivity contribution in [3.05, 3.63) is 28.2 Å². The average molecular weight is 361 g/mol. The van der Waals surface area contributed by atoms with Crippen molar-refractivity contribution in [3.8, 4) is 0 Å². The summed E-state index contributed by atoms with van der Waals surface area (Å²) in [6, 6.07) is 1.98. The van der Waals surface area contributed by atoms with Gasteiger partial charge in [-0.3, -0.25) is 4.79 Å². The second-order valence-electron chi connectivity index (χ2n) is 5.87. The Morgan fingerprint density at radius 3 is 2.57 bits per heavy atom. The van der Waals surface area contributed by atoms with Gasteiger partial charge in [-0.1, -0.05) is 6.92 Å². The van der Waals surface area contributed by atoms with Crippen molar-refractivity contribution in [2.75, 3.05) is 11.9 Å². The number of nitrogens with two attached hydrogens (primary N) is 1. The molecule has 1 fully saturated rings. The minimum atomic E-state index is -0.678. The molecule has 0 aromatic heterocycles. The van der Waals surface area contributed by atoms with Gasteiger partial charge in [0.2, 0.25) is 5.91 Å². The summed E-state index contributed by atoms with van der Waals surface area (Å²) in [6.45, 7) is 2.36. The van der Waals surface area contributed by atoms with Gasteiger partial charge in [-0.05, 0) is 53.6 Å². The van der Waals surface area contributed by atoms with E-state index in [2.05, 4.69) is 28.2 Å². The first-order valence-electron chi connectivity index (χ1n) is 7.04. The zero-order valence-electron chi connectivity index (χ0n) is 11.9. The highest BCUT2D eigenvalue weighted by Crippen LogP contribution is 2.39. The quantitative estimate of drug-likeness (QED) is 0.805. The second kappa shape index (κ2) is 6.40. The molecule has 0 radical (unpaired) electrons. The number of hydrogen-bond donors (Lipinski definition) is 2. The molecule has 1 saturated carbocycles. The zero-order valence-corrected chi connectivity index (χ0v) is 13.5. The lowest BCUT2D eigenvalue weighted by molar-refractivity contribution is -0.127. The Bertz CT molecular complexity index is 543. The minimum Gasteiger partial charge on any atom is -0.329 e. The standard InChI is InChI=1S/C15H19BrF2N2O/c1-9-2-4-15(8-19,5-3-9)14(21)20-13-7-11(17)10(16)6-12(13)18/h6-7,9H,2-5,8,19H2,1H3,(H,20,21). The van der Waals surface area contributed by atoms with Crippen molar-refractivity contribution < 1.29 is 13.6 Å². The van der Waals surface area contributed by atoms with Gasteiger partial charge in [-0.2, -0.15) is 0 Å². The van der Waals surface area contributed by atoms with Gasteiger partial charge in [0.1, 0.15) is 11.6 Å². The summed E-state index contributed by atoms with van der Waals surface area (Å²) in [5.41, 5.74) is 4.97. The van der Waals surface area contributed by atoms with Gasteiger partial charge in [-0.25, -0.2) is 8.78 Å². The SMILES string of the molecule is CC1CCC(CN)(C(=O)Nc2cc(F)c(Br)cc2F)CC1. The summed E-state index contributed by atoms with van der Waals surface area (Å²) in [7, 11) is 0. The molecule has 6 heteroatoms. The van der Waals surface area contributed by atoms with Gasteiger partial charge < -0.3 is 11.1 Å². The van der Waals surface area contributed by atoms with Gasteiger partial charge in [0, 0.05) is 12.6 Å². The molecule has 0 bridgehead atoms. The van der Waals surface area contributed by atoms with E-state index < -0.39 is 17.0 Å². The molecule has 3 N–H and O–H groups in total. The highest BCUT2D eigenvalue weighted by Gasteiger charge is 2.40. The van der Waals surface area contributed by atoms with Gasteiger partial charge in [0.15, 0.2) is 0 Å². The van der Waals surface area contributed by atoms with Crippen LogP contribution in [0.4, 0.5) is 14.5 Å². The minimum absolute atomic E-state index is 0.0260. The van der Waals surface area contributed by atoms with Gasteiger partial charge in [0.25, 0.3) is 0 Å². The van der Waals surface area contributed by atoms with Crippen LogP contribution in [0.5, 0.6) is 0 Å². The molecule has 1 amide bonds. The molecule has 116 valence electrons. The highest BCUT2D eigenvalue weighted by molar-refractivity contribution is 9.10. The number of anilines is 1. The molecular formula is C15H19BrF2N2O. The van der Waals surface area contributed by atoms with Crippen LogP contribution >= 0.6 is 15.9 Å². The van der Waals surface area contributed by atoms with Crippen LogP contribution in [0.3, 0.4) is 0 Å². The number of nitrogens with one attached hydrogen (secondary N) is 1. The Balaban J connectivity index is 2.18. The normalized spacial score (nSPS) is 25.7. The van der Waals surface area contributed by atoms with Crippen LogP contribution in [0.1, 0.15) is 32.6 Å². The van der Waals surface area contributed by atoms with E-state index in [0.717, 1.165) is 25.0 Å². The third-order valence-corrected chi connectivity index (χ3v) is 4.97. The van der Waals surface area contributed by atoms with Crippen molar-refractivity contribution in [1.82, 2.24) is 0 Å². The molecule has 1 aliphatic carbocycles. The van der Waals surface area contributed by atoms with Gasteiger partial charge in [0.05, 0.1) is 15.6 Å². The lowest BCUT2D eigenvalue weighted by Crippen LogP contribution is -2.45. The molecule has 0 spiro atoms. The van der Waals surface area contributed by atoms with Crippen LogP contribution in [0.25, 0.3) is 0 Å². The second-order valence-corrected chi connectivity index (χ2v) is 6.72. The number of amides is 1. The van der Waals surface area contributed by atoms with Crippen molar-refractivity contribution in [2.24, 2.45) is 17.1 Å². The Kier molecular flexibility index (Phi) is 4.99. The molecule has 2 rings (SSSR count). The summed E-state index contributed by atoms with van der Waals surface area (Å²) in [5, 5.41) is 2.50. The fourth-order valence-electron chi connectivity index (χ4n) is 2.71. The maximum atomic E-state index is 13.8. The van der Waals surface area contributed by atoms with Crippen LogP contribution in [0.2, 0.25) is 0 Å². The van der Waals surface area contributed by atoms with E-state index in [1.807, 2.05) is 0 Å². The fraction of sp³-hybridized carbons (Fsp3) is 0.533. The molecule has 3 nitrogen and oxygen atoms in total. The fourth-order valence-corrected chi connectivity index (χ4v) is 3.03. The number of benzene rings is 1. The summed E-state index contributed by atoms with van der Waals surface area (Å²) >= 11 is 2.91. The molecule has 21 heavy (non-hydrogen) atoms. The molecule has 0 saturated heterocycles. The lowest BCUT2D eigenvalue weighted by Gasteiger charge is -2.37. The third-order valence-electron chi connectivity index (χ3n) is 4.36. The van der Waals surface area contributed by atoms with E-state index in [4.69, 9.17) is 5.73 Å². The highest BCUT2D eigenvalue weighted by atomic mass is 79.9. The van der Waals surface area contributed by atoms with Crippen LogP contribution in [-0.2, 0) is 4.79 Å². The summed E-state index contributed by atoms with van der Waals surface area (Å²) < 4.78 is 27.3. The average Bonchev–Trinajstić information content (AvgIpc) is 2.46. The molecule has 0 heterocycles. The maximum Gasteiger partial charge on any atom is 0.231 e. The van der Waals surface area contributed by atoms with Crippen LogP contribution in [0.15, 0.2) is 16.6 Å². The molecule has 1 aromatic carbocycles. The molecule has 0 aliphatic heterocycles. The van der Waals surface area contributed by atoms with Crippen molar-refractivity contribution >= 4 is 27.5 Å². The van der Waals surface area contributed by atoms with Crippen molar-refractivity contribution in [1.29, 1.82) is 0 Å². The first kappa shape index (κ1) is 16.4. The number of carbonyl (C=O) groups is 1. The molecule has 0 unspecified atom stereocenters. The van der Waals surface area contributed by atoms with E-state index in [-0.39, 0.29) is 22.6 Å².